The number of rotatable bonds is 3. The third-order valence-electron chi connectivity index (χ3n) is 4.91. The van der Waals surface area contributed by atoms with Gasteiger partial charge in [0.2, 0.25) is 0 Å². The van der Waals surface area contributed by atoms with E-state index in [2.05, 4.69) is 10.3 Å². The second-order valence-corrected chi connectivity index (χ2v) is 7.03. The number of aromatic nitrogens is 1. The van der Waals surface area contributed by atoms with Crippen molar-refractivity contribution in [3.05, 3.63) is 65.4 Å². The molecule has 30 heavy (non-hydrogen) atoms. The molecule has 9 heteroatoms. The fourth-order valence-corrected chi connectivity index (χ4v) is 3.04. The van der Waals surface area contributed by atoms with Gasteiger partial charge in [-0.3, -0.25) is 0 Å². The SMILES string of the molecule is Nc1cc2c(CNC3CCC3)c(F)ccc2cn1.Oc1ccc(F)c(C(F)(F)F)c1. The number of benzene rings is 2. The fourth-order valence-electron chi connectivity index (χ4n) is 3.04. The molecule has 160 valence electrons. The minimum Gasteiger partial charge on any atom is -0.508 e. The number of hydrogen-bond donors (Lipinski definition) is 3. The Labute approximate surface area is 169 Å². The number of halogens is 5. The van der Waals surface area contributed by atoms with E-state index in [4.69, 9.17) is 10.8 Å². The lowest BCUT2D eigenvalue weighted by Crippen LogP contribution is -2.34. The Balaban J connectivity index is 0.000000187. The largest absolute Gasteiger partial charge is 0.508 e. The van der Waals surface area contributed by atoms with E-state index < -0.39 is 23.3 Å². The lowest BCUT2D eigenvalue weighted by atomic mass is 9.93. The summed E-state index contributed by atoms with van der Waals surface area (Å²) in [4.78, 5) is 4.04. The molecule has 4 nitrogen and oxygen atoms in total. The number of aromatic hydroxyl groups is 1. The molecule has 1 heterocycles. The van der Waals surface area contributed by atoms with Crippen LogP contribution >= 0.6 is 0 Å². The van der Waals surface area contributed by atoms with E-state index in [0.29, 0.717) is 36.1 Å². The van der Waals surface area contributed by atoms with E-state index in [-0.39, 0.29) is 5.82 Å². The summed E-state index contributed by atoms with van der Waals surface area (Å²) in [6.45, 7) is 0.553. The van der Waals surface area contributed by atoms with E-state index in [0.717, 1.165) is 16.8 Å². The first kappa shape index (κ1) is 21.8. The van der Waals surface area contributed by atoms with Crippen LogP contribution in [0.4, 0.5) is 27.8 Å². The van der Waals surface area contributed by atoms with Crippen molar-refractivity contribution in [2.24, 2.45) is 0 Å². The normalized spacial score (nSPS) is 14.2. The van der Waals surface area contributed by atoms with Crippen LogP contribution in [0, 0.1) is 11.6 Å². The summed E-state index contributed by atoms with van der Waals surface area (Å²) in [5, 5.41) is 13.8. The average molecular weight is 425 g/mol. The number of nitrogens with one attached hydrogen (secondary N) is 1. The molecule has 0 spiro atoms. The van der Waals surface area contributed by atoms with Gasteiger partial charge in [0, 0.05) is 29.7 Å². The van der Waals surface area contributed by atoms with Gasteiger partial charge in [-0.2, -0.15) is 13.2 Å². The van der Waals surface area contributed by atoms with Crippen LogP contribution in [-0.2, 0) is 12.7 Å². The monoisotopic (exact) mass is 425 g/mol. The number of nitrogen functional groups attached to an aromatic ring is 1. The number of pyridine rings is 1. The van der Waals surface area contributed by atoms with Gasteiger partial charge in [0.1, 0.15) is 23.2 Å². The molecule has 0 radical (unpaired) electrons. The third-order valence-corrected chi connectivity index (χ3v) is 4.91. The molecule has 0 unspecified atom stereocenters. The highest BCUT2D eigenvalue weighted by molar-refractivity contribution is 5.87. The second kappa shape index (κ2) is 8.83. The molecule has 1 aliphatic rings. The van der Waals surface area contributed by atoms with Gasteiger partial charge in [-0.15, -0.1) is 0 Å². The van der Waals surface area contributed by atoms with E-state index in [1.54, 1.807) is 18.3 Å². The van der Waals surface area contributed by atoms with Gasteiger partial charge in [0.05, 0.1) is 5.56 Å². The Morgan fingerprint density at radius 1 is 1.07 bits per heavy atom. The second-order valence-electron chi connectivity index (χ2n) is 7.03. The summed E-state index contributed by atoms with van der Waals surface area (Å²) in [5.41, 5.74) is 4.91. The van der Waals surface area contributed by atoms with Crippen LogP contribution in [0.2, 0.25) is 0 Å². The maximum absolute atomic E-state index is 13.9. The van der Waals surface area contributed by atoms with Crippen LogP contribution in [0.1, 0.15) is 30.4 Å². The molecule has 4 rings (SSSR count). The number of hydrogen-bond acceptors (Lipinski definition) is 4. The zero-order valence-electron chi connectivity index (χ0n) is 15.8. The average Bonchev–Trinajstić information content (AvgIpc) is 2.64. The van der Waals surface area contributed by atoms with Gasteiger partial charge in [-0.1, -0.05) is 6.42 Å². The summed E-state index contributed by atoms with van der Waals surface area (Å²) in [6.07, 6.45) is 0.582. The van der Waals surface area contributed by atoms with Crippen LogP contribution in [-0.4, -0.2) is 16.1 Å². The third kappa shape index (κ3) is 5.15. The van der Waals surface area contributed by atoms with E-state index in [1.807, 2.05) is 0 Å². The minimum atomic E-state index is -4.76. The molecular formula is C21H20F5N3O. The zero-order valence-corrected chi connectivity index (χ0v) is 15.8. The number of fused-ring (bicyclic) bond motifs is 1. The van der Waals surface area contributed by atoms with Crippen molar-refractivity contribution in [1.82, 2.24) is 10.3 Å². The highest BCUT2D eigenvalue weighted by atomic mass is 19.4. The van der Waals surface area contributed by atoms with Crippen molar-refractivity contribution >= 4 is 16.6 Å². The zero-order chi connectivity index (χ0) is 21.9. The smallest absolute Gasteiger partial charge is 0.419 e. The van der Waals surface area contributed by atoms with Gasteiger partial charge in [0.15, 0.2) is 0 Å². The highest BCUT2D eigenvalue weighted by Gasteiger charge is 2.34. The molecule has 3 aromatic rings. The molecule has 1 aromatic heterocycles. The molecule has 1 saturated carbocycles. The summed E-state index contributed by atoms with van der Waals surface area (Å²) in [5.74, 6) is -1.75. The number of phenolic OH excluding ortho intramolecular Hbond substituents is 1. The van der Waals surface area contributed by atoms with Crippen LogP contribution in [0.5, 0.6) is 5.75 Å². The molecule has 0 aliphatic heterocycles. The number of nitrogens with two attached hydrogens (primary N) is 1. The first-order chi connectivity index (χ1) is 14.1. The first-order valence-corrected chi connectivity index (χ1v) is 9.27. The highest BCUT2D eigenvalue weighted by Crippen LogP contribution is 2.33. The Hall–Kier alpha value is -2.94. The number of nitrogens with zero attached hydrogens (tertiary/aromatic N) is 1. The Bertz CT molecular complexity index is 1030. The Kier molecular flexibility index (Phi) is 6.40. The summed E-state index contributed by atoms with van der Waals surface area (Å²) < 4.78 is 62.0. The van der Waals surface area contributed by atoms with E-state index in [9.17, 15) is 22.0 Å². The van der Waals surface area contributed by atoms with Gasteiger partial charge >= 0.3 is 6.18 Å². The lowest BCUT2D eigenvalue weighted by Gasteiger charge is -2.26. The summed E-state index contributed by atoms with van der Waals surface area (Å²) >= 11 is 0. The van der Waals surface area contributed by atoms with Crippen molar-refractivity contribution in [3.8, 4) is 5.75 Å². The van der Waals surface area contributed by atoms with Gasteiger partial charge in [0.25, 0.3) is 0 Å². The van der Waals surface area contributed by atoms with Gasteiger partial charge in [-0.05, 0) is 54.6 Å². The molecule has 1 aliphatic carbocycles. The van der Waals surface area contributed by atoms with E-state index in [1.165, 1.54) is 25.3 Å². The fraction of sp³-hybridized carbons (Fsp3) is 0.286. The van der Waals surface area contributed by atoms with Crippen molar-refractivity contribution in [2.75, 3.05) is 5.73 Å². The topological polar surface area (TPSA) is 71.2 Å². The summed E-state index contributed by atoms with van der Waals surface area (Å²) in [7, 11) is 0. The van der Waals surface area contributed by atoms with Crippen LogP contribution in [0.3, 0.4) is 0 Å². The predicted molar refractivity (Wildman–Crippen MR) is 104 cm³/mol. The Morgan fingerprint density at radius 3 is 2.37 bits per heavy atom. The molecule has 2 aromatic carbocycles. The predicted octanol–water partition coefficient (Wildman–Crippen LogP) is 5.15. The van der Waals surface area contributed by atoms with Crippen molar-refractivity contribution in [2.45, 2.75) is 38.0 Å². The van der Waals surface area contributed by atoms with Crippen LogP contribution in [0.15, 0.2) is 42.6 Å². The lowest BCUT2D eigenvalue weighted by molar-refractivity contribution is -0.140. The number of phenols is 1. The number of alkyl halides is 3. The van der Waals surface area contributed by atoms with Crippen LogP contribution in [0.25, 0.3) is 10.8 Å². The molecule has 1 fully saturated rings. The maximum atomic E-state index is 13.9. The van der Waals surface area contributed by atoms with Crippen molar-refractivity contribution < 1.29 is 27.1 Å². The summed E-state index contributed by atoms with van der Waals surface area (Å²) in [6, 6.07) is 7.29. The van der Waals surface area contributed by atoms with Crippen LogP contribution < -0.4 is 11.1 Å². The van der Waals surface area contributed by atoms with Gasteiger partial charge in [-0.25, -0.2) is 13.8 Å². The van der Waals surface area contributed by atoms with Crippen molar-refractivity contribution in [3.63, 3.8) is 0 Å². The molecule has 0 saturated heterocycles. The quantitative estimate of drug-likeness (QED) is 0.508. The molecule has 0 bridgehead atoms. The Morgan fingerprint density at radius 2 is 1.77 bits per heavy atom. The van der Waals surface area contributed by atoms with E-state index >= 15 is 0 Å². The van der Waals surface area contributed by atoms with Crippen molar-refractivity contribution in [1.29, 1.82) is 0 Å². The van der Waals surface area contributed by atoms with Gasteiger partial charge < -0.3 is 16.2 Å². The maximum Gasteiger partial charge on any atom is 0.419 e. The first-order valence-electron chi connectivity index (χ1n) is 9.27. The molecule has 4 N–H and O–H groups in total. The molecule has 0 atom stereocenters. The molecule has 0 amide bonds. The number of anilines is 1. The standard InChI is InChI=1S/C14H16FN3.C7H4F4O/c15-13-5-4-9-7-18-14(16)6-11(9)12(13)8-17-10-2-1-3-10;8-6-2-1-4(12)3-5(6)7(9,10)11/h4-7,10,17H,1-3,8H2,(H2,16,18);1-3,12H. The minimum absolute atomic E-state index is 0.181. The molecular weight excluding hydrogens is 405 g/mol.